The summed E-state index contributed by atoms with van der Waals surface area (Å²) in [4.78, 5) is 21.5. The van der Waals surface area contributed by atoms with Gasteiger partial charge in [-0.05, 0) is 40.0 Å². The second kappa shape index (κ2) is 7.88. The first kappa shape index (κ1) is 20.7. The number of carbonyl (C=O) groups is 2. The predicted molar refractivity (Wildman–Crippen MR) is 85.1 cm³/mol. The molecule has 0 saturated heterocycles. The summed E-state index contributed by atoms with van der Waals surface area (Å²) in [6.07, 6.45) is 1.87. The molecule has 116 valence electrons. The highest BCUT2D eigenvalue weighted by Gasteiger charge is 2.13. The van der Waals surface area contributed by atoms with Crippen molar-refractivity contribution < 1.29 is 9.59 Å². The molecule has 4 nitrogen and oxygen atoms in total. The summed E-state index contributed by atoms with van der Waals surface area (Å²) in [6, 6.07) is 0. The van der Waals surface area contributed by atoms with Crippen molar-refractivity contribution in [1.82, 2.24) is 5.32 Å². The average Bonchev–Trinajstić information content (AvgIpc) is 2.12. The van der Waals surface area contributed by atoms with Crippen molar-refractivity contribution in [3.05, 3.63) is 23.8 Å². The minimum absolute atomic E-state index is 0.0408. The average molecular weight is 282 g/mol. The summed E-state index contributed by atoms with van der Waals surface area (Å²) in [5.74, 6) is -0.414. The van der Waals surface area contributed by atoms with Crippen molar-refractivity contribution in [2.24, 2.45) is 11.1 Å². The van der Waals surface area contributed by atoms with E-state index in [0.717, 1.165) is 0 Å². The molecule has 0 aliphatic heterocycles. The summed E-state index contributed by atoms with van der Waals surface area (Å²) in [7, 11) is 0. The molecule has 20 heavy (non-hydrogen) atoms. The van der Waals surface area contributed by atoms with E-state index in [0.29, 0.717) is 11.1 Å². The van der Waals surface area contributed by atoms with Gasteiger partial charge in [-0.25, -0.2) is 0 Å². The minimum atomic E-state index is -0.338. The zero-order valence-corrected chi connectivity index (χ0v) is 14.2. The fourth-order valence-electron chi connectivity index (χ4n) is 1.17. The summed E-state index contributed by atoms with van der Waals surface area (Å²) in [5, 5.41) is 2.78. The van der Waals surface area contributed by atoms with Gasteiger partial charge in [0.1, 0.15) is 0 Å². The molecule has 0 rings (SSSR count). The van der Waals surface area contributed by atoms with Gasteiger partial charge < -0.3 is 11.1 Å². The number of carbonyl (C=O) groups excluding carboxylic acids is 2. The topological polar surface area (TPSA) is 72.2 Å². The predicted octanol–water partition coefficient (Wildman–Crippen LogP) is 2.94. The van der Waals surface area contributed by atoms with Crippen LogP contribution in [0.4, 0.5) is 0 Å². The maximum atomic E-state index is 10.9. The van der Waals surface area contributed by atoms with Crippen molar-refractivity contribution in [2.45, 2.75) is 60.9 Å². The Hall–Kier alpha value is -1.58. The van der Waals surface area contributed by atoms with Crippen LogP contribution in [0.3, 0.4) is 0 Å². The SMILES string of the molecule is C=C(C)C(=O)NC(C)(C)C.CC(=CC(C)(C)C)C(N)=O. The van der Waals surface area contributed by atoms with Crippen LogP contribution >= 0.6 is 0 Å². The van der Waals surface area contributed by atoms with Gasteiger partial charge in [-0.15, -0.1) is 0 Å². The third-order valence-electron chi connectivity index (χ3n) is 1.91. The molecule has 0 aromatic carbocycles. The Morgan fingerprint density at radius 1 is 1.05 bits per heavy atom. The van der Waals surface area contributed by atoms with Gasteiger partial charge in [0.2, 0.25) is 11.8 Å². The van der Waals surface area contributed by atoms with Crippen molar-refractivity contribution in [1.29, 1.82) is 0 Å². The van der Waals surface area contributed by atoms with E-state index in [4.69, 9.17) is 5.73 Å². The summed E-state index contributed by atoms with van der Waals surface area (Å²) in [6.45, 7) is 18.8. The van der Waals surface area contributed by atoms with E-state index in [9.17, 15) is 9.59 Å². The van der Waals surface area contributed by atoms with E-state index in [-0.39, 0.29) is 22.8 Å². The zero-order chi connectivity index (χ0) is 16.7. The Morgan fingerprint density at radius 3 is 1.55 bits per heavy atom. The molecule has 3 N–H and O–H groups in total. The molecule has 0 bridgehead atoms. The smallest absolute Gasteiger partial charge is 0.246 e. The number of nitrogens with two attached hydrogens (primary N) is 1. The summed E-state index contributed by atoms with van der Waals surface area (Å²) in [5.41, 5.74) is 6.10. The molecule has 0 heterocycles. The van der Waals surface area contributed by atoms with Crippen molar-refractivity contribution in [3.8, 4) is 0 Å². The van der Waals surface area contributed by atoms with Crippen LogP contribution in [0.1, 0.15) is 55.4 Å². The van der Waals surface area contributed by atoms with Crippen molar-refractivity contribution in [3.63, 3.8) is 0 Å². The number of hydrogen-bond donors (Lipinski definition) is 2. The first-order valence-corrected chi connectivity index (χ1v) is 6.63. The third kappa shape index (κ3) is 14.5. The van der Waals surface area contributed by atoms with Crippen LogP contribution in [0, 0.1) is 5.41 Å². The highest BCUT2D eigenvalue weighted by atomic mass is 16.2. The molecule has 0 unspecified atom stereocenters. The van der Waals surface area contributed by atoms with Crippen LogP contribution in [-0.4, -0.2) is 17.4 Å². The van der Waals surface area contributed by atoms with E-state index in [2.05, 4.69) is 11.9 Å². The van der Waals surface area contributed by atoms with Gasteiger partial charge >= 0.3 is 0 Å². The van der Waals surface area contributed by atoms with Gasteiger partial charge in [-0.3, -0.25) is 9.59 Å². The second-order valence-electron chi connectivity index (χ2n) is 7.04. The number of rotatable bonds is 2. The molecule has 0 aromatic heterocycles. The normalized spacial score (nSPS) is 12.1. The Morgan fingerprint density at radius 2 is 1.45 bits per heavy atom. The first-order chi connectivity index (χ1) is 8.65. The van der Waals surface area contributed by atoms with Crippen LogP contribution in [0.25, 0.3) is 0 Å². The Labute approximate surface area is 123 Å². The van der Waals surface area contributed by atoms with Crippen molar-refractivity contribution >= 4 is 11.8 Å². The molecule has 0 fully saturated rings. The second-order valence-corrected chi connectivity index (χ2v) is 7.04. The molecule has 0 saturated carbocycles. The number of allylic oxidation sites excluding steroid dienone is 1. The number of primary amides is 1. The fourth-order valence-corrected chi connectivity index (χ4v) is 1.17. The van der Waals surface area contributed by atoms with Gasteiger partial charge in [0.15, 0.2) is 0 Å². The van der Waals surface area contributed by atoms with Crippen LogP contribution in [-0.2, 0) is 9.59 Å². The van der Waals surface area contributed by atoms with E-state index >= 15 is 0 Å². The lowest BCUT2D eigenvalue weighted by atomic mass is 9.94. The quantitative estimate of drug-likeness (QED) is 0.764. The minimum Gasteiger partial charge on any atom is -0.366 e. The molecular formula is C16H30N2O2. The monoisotopic (exact) mass is 282 g/mol. The maximum absolute atomic E-state index is 10.9. The fraction of sp³-hybridized carbons (Fsp3) is 0.625. The van der Waals surface area contributed by atoms with E-state index in [1.165, 1.54) is 0 Å². The molecule has 2 amide bonds. The lowest BCUT2D eigenvalue weighted by Crippen LogP contribution is -2.40. The van der Waals surface area contributed by atoms with Gasteiger partial charge in [0.05, 0.1) is 0 Å². The van der Waals surface area contributed by atoms with Crippen LogP contribution in [0.15, 0.2) is 23.8 Å². The van der Waals surface area contributed by atoms with E-state index < -0.39 is 0 Å². The molecule has 0 radical (unpaired) electrons. The molecule has 4 heteroatoms. The maximum Gasteiger partial charge on any atom is 0.246 e. The molecular weight excluding hydrogens is 252 g/mol. The zero-order valence-electron chi connectivity index (χ0n) is 14.2. The summed E-state index contributed by atoms with van der Waals surface area (Å²) >= 11 is 0. The van der Waals surface area contributed by atoms with Gasteiger partial charge in [-0.2, -0.15) is 0 Å². The lowest BCUT2D eigenvalue weighted by Gasteiger charge is -2.20. The highest BCUT2D eigenvalue weighted by molar-refractivity contribution is 5.92. The Kier molecular flexibility index (Phi) is 8.16. The van der Waals surface area contributed by atoms with Crippen LogP contribution in [0.5, 0.6) is 0 Å². The Balaban J connectivity index is 0. The Bertz CT molecular complexity index is 394. The van der Waals surface area contributed by atoms with Crippen molar-refractivity contribution in [2.75, 3.05) is 0 Å². The lowest BCUT2D eigenvalue weighted by molar-refractivity contribution is -0.118. The van der Waals surface area contributed by atoms with E-state index in [1.54, 1.807) is 13.8 Å². The van der Waals surface area contributed by atoms with Gasteiger partial charge in [0.25, 0.3) is 0 Å². The third-order valence-corrected chi connectivity index (χ3v) is 1.91. The molecule has 0 aliphatic carbocycles. The highest BCUT2D eigenvalue weighted by Crippen LogP contribution is 2.16. The number of hydrogen-bond acceptors (Lipinski definition) is 2. The molecule has 0 aliphatic rings. The number of nitrogens with one attached hydrogen (secondary N) is 1. The summed E-state index contributed by atoms with van der Waals surface area (Å²) < 4.78 is 0. The van der Waals surface area contributed by atoms with Crippen LogP contribution in [0.2, 0.25) is 0 Å². The van der Waals surface area contributed by atoms with Gasteiger partial charge in [0, 0.05) is 16.7 Å². The molecule has 0 spiro atoms. The molecule has 0 aromatic rings. The standard InChI is InChI=1S/2C8H15NO/c1-6(7(9)10)5-8(2,3)4;1-6(2)7(10)9-8(3,4)5/h5H,1-4H3,(H2,9,10);1H2,2-5H3,(H,9,10). The first-order valence-electron chi connectivity index (χ1n) is 6.63. The van der Waals surface area contributed by atoms with Gasteiger partial charge in [-0.1, -0.05) is 33.4 Å². The van der Waals surface area contributed by atoms with E-state index in [1.807, 2.05) is 47.6 Å². The largest absolute Gasteiger partial charge is 0.366 e. The van der Waals surface area contributed by atoms with Crippen LogP contribution < -0.4 is 11.1 Å². The number of amides is 2. The molecule has 0 atom stereocenters.